The predicted octanol–water partition coefficient (Wildman–Crippen LogP) is 1.23. The van der Waals surface area contributed by atoms with Gasteiger partial charge in [-0.05, 0) is 24.7 Å². The van der Waals surface area contributed by atoms with E-state index in [0.29, 0.717) is 0 Å². The zero-order valence-electron chi connectivity index (χ0n) is 5.05. The zero-order chi connectivity index (χ0) is 5.78. The summed E-state index contributed by atoms with van der Waals surface area (Å²) in [5, 5.41) is 0. The second-order valence-electron chi connectivity index (χ2n) is 3.35. The second kappa shape index (κ2) is 0.996. The van der Waals surface area contributed by atoms with Crippen LogP contribution in [0.4, 0.5) is 0 Å². The van der Waals surface area contributed by atoms with Crippen molar-refractivity contribution in [2.75, 3.05) is 0 Å². The fourth-order valence-electron chi connectivity index (χ4n) is 1.84. The van der Waals surface area contributed by atoms with Gasteiger partial charge in [-0.15, -0.1) is 0 Å². The Morgan fingerprint density at radius 2 is 2.00 bits per heavy atom. The molecule has 0 aliphatic heterocycles. The molecule has 3 fully saturated rings. The van der Waals surface area contributed by atoms with Crippen molar-refractivity contribution in [2.45, 2.75) is 19.8 Å². The molecular formula is C7H10O. The summed E-state index contributed by atoms with van der Waals surface area (Å²) in [5.41, 5.74) is 0.139. The van der Waals surface area contributed by atoms with E-state index in [1.54, 1.807) is 0 Å². The molecule has 0 spiro atoms. The van der Waals surface area contributed by atoms with Crippen molar-refractivity contribution in [3.63, 3.8) is 0 Å². The van der Waals surface area contributed by atoms with Crippen LogP contribution in [0.15, 0.2) is 0 Å². The molecule has 0 aromatic rings. The van der Waals surface area contributed by atoms with Gasteiger partial charge in [-0.3, -0.25) is 0 Å². The third-order valence-corrected chi connectivity index (χ3v) is 3.15. The highest BCUT2D eigenvalue weighted by Crippen LogP contribution is 2.66. The summed E-state index contributed by atoms with van der Waals surface area (Å²) < 4.78 is 0. The molecule has 0 aromatic heterocycles. The van der Waals surface area contributed by atoms with Crippen LogP contribution in [0.25, 0.3) is 0 Å². The van der Waals surface area contributed by atoms with Gasteiger partial charge in [-0.25, -0.2) is 0 Å². The van der Waals surface area contributed by atoms with Crippen molar-refractivity contribution in [1.82, 2.24) is 0 Å². The maximum absolute atomic E-state index is 10.3. The van der Waals surface area contributed by atoms with Crippen LogP contribution in [0.1, 0.15) is 19.8 Å². The fourth-order valence-corrected chi connectivity index (χ4v) is 1.84. The first kappa shape index (κ1) is 4.54. The third-order valence-electron chi connectivity index (χ3n) is 3.15. The Morgan fingerprint density at radius 3 is 2.00 bits per heavy atom. The van der Waals surface area contributed by atoms with Crippen LogP contribution in [0.2, 0.25) is 0 Å². The molecule has 3 rings (SSSR count). The molecule has 3 saturated carbocycles. The van der Waals surface area contributed by atoms with Crippen molar-refractivity contribution < 1.29 is 4.79 Å². The normalized spacial score (nSPS) is 58.6. The monoisotopic (exact) mass is 110 g/mol. The van der Waals surface area contributed by atoms with Gasteiger partial charge in [0, 0.05) is 5.41 Å². The molecule has 0 unspecified atom stereocenters. The number of aldehydes is 1. The van der Waals surface area contributed by atoms with Crippen molar-refractivity contribution in [3.8, 4) is 0 Å². The lowest BCUT2D eigenvalue weighted by Crippen LogP contribution is -2.60. The summed E-state index contributed by atoms with van der Waals surface area (Å²) in [6, 6.07) is 0. The van der Waals surface area contributed by atoms with Crippen LogP contribution in [-0.2, 0) is 4.79 Å². The quantitative estimate of drug-likeness (QED) is 0.464. The van der Waals surface area contributed by atoms with Crippen LogP contribution >= 0.6 is 0 Å². The Bertz CT molecular complexity index is 125. The number of hydrogen-bond acceptors (Lipinski definition) is 1. The summed E-state index contributed by atoms with van der Waals surface area (Å²) in [5.74, 6) is 1.54. The summed E-state index contributed by atoms with van der Waals surface area (Å²) in [6.07, 6.45) is 3.81. The van der Waals surface area contributed by atoms with Gasteiger partial charge in [0.2, 0.25) is 0 Å². The van der Waals surface area contributed by atoms with E-state index in [0.717, 1.165) is 18.1 Å². The molecule has 44 valence electrons. The molecule has 1 nitrogen and oxygen atoms in total. The lowest BCUT2D eigenvalue weighted by molar-refractivity contribution is -0.173. The molecule has 3 aliphatic rings. The number of carbonyl (C=O) groups is 1. The lowest BCUT2D eigenvalue weighted by Gasteiger charge is -2.63. The molecule has 0 aromatic carbocycles. The molecule has 8 heavy (non-hydrogen) atoms. The average molecular weight is 110 g/mol. The molecule has 0 atom stereocenters. The van der Waals surface area contributed by atoms with Crippen LogP contribution in [0.5, 0.6) is 0 Å². The predicted molar refractivity (Wildman–Crippen MR) is 30.4 cm³/mol. The van der Waals surface area contributed by atoms with E-state index in [9.17, 15) is 4.79 Å². The third kappa shape index (κ3) is 0.241. The molecule has 0 N–H and O–H groups in total. The molecule has 3 aliphatic carbocycles. The van der Waals surface area contributed by atoms with E-state index in [2.05, 4.69) is 6.92 Å². The Balaban J connectivity index is 2.19. The standard InChI is InChI=1S/C7H10O/c1-7(4-8)5-2-6(7)3-5/h4-6H,2-3H2,1H3. The second-order valence-corrected chi connectivity index (χ2v) is 3.35. The molecule has 0 radical (unpaired) electrons. The van der Waals surface area contributed by atoms with Crippen molar-refractivity contribution in [3.05, 3.63) is 0 Å². The van der Waals surface area contributed by atoms with Crippen molar-refractivity contribution in [1.29, 1.82) is 0 Å². The van der Waals surface area contributed by atoms with E-state index >= 15 is 0 Å². The Labute approximate surface area is 49.1 Å². The van der Waals surface area contributed by atoms with Gasteiger partial charge in [-0.1, -0.05) is 6.92 Å². The van der Waals surface area contributed by atoms with Crippen LogP contribution in [-0.4, -0.2) is 6.29 Å². The van der Waals surface area contributed by atoms with Gasteiger partial charge in [0.05, 0.1) is 0 Å². The minimum Gasteiger partial charge on any atom is -0.303 e. The SMILES string of the molecule is CC1(C=O)C2CC1C2. The Kier molecular flexibility index (Phi) is 0.565. The van der Waals surface area contributed by atoms with E-state index < -0.39 is 0 Å². The Morgan fingerprint density at radius 1 is 1.50 bits per heavy atom. The molecule has 1 heteroatoms. The Hall–Kier alpha value is -0.330. The van der Waals surface area contributed by atoms with Gasteiger partial charge in [0.1, 0.15) is 6.29 Å². The summed E-state index contributed by atoms with van der Waals surface area (Å²) in [7, 11) is 0. The first-order valence-electron chi connectivity index (χ1n) is 3.23. The average Bonchev–Trinajstić information content (AvgIpc) is 1.58. The molecular weight excluding hydrogens is 100 g/mol. The maximum atomic E-state index is 10.3. The first-order valence-corrected chi connectivity index (χ1v) is 3.23. The zero-order valence-corrected chi connectivity index (χ0v) is 5.05. The van der Waals surface area contributed by atoms with E-state index in [1.807, 2.05) is 0 Å². The maximum Gasteiger partial charge on any atom is 0.126 e. The number of carbonyl (C=O) groups excluding carboxylic acids is 1. The number of hydrogen-bond donors (Lipinski definition) is 0. The van der Waals surface area contributed by atoms with E-state index in [4.69, 9.17) is 0 Å². The highest BCUT2D eigenvalue weighted by Gasteiger charge is 2.61. The fraction of sp³-hybridized carbons (Fsp3) is 0.857. The molecule has 2 bridgehead atoms. The van der Waals surface area contributed by atoms with E-state index in [1.165, 1.54) is 12.8 Å². The largest absolute Gasteiger partial charge is 0.303 e. The summed E-state index contributed by atoms with van der Waals surface area (Å²) in [4.78, 5) is 10.3. The van der Waals surface area contributed by atoms with Gasteiger partial charge in [0.15, 0.2) is 0 Å². The van der Waals surface area contributed by atoms with Gasteiger partial charge < -0.3 is 4.79 Å². The minimum absolute atomic E-state index is 0.139. The van der Waals surface area contributed by atoms with Crippen molar-refractivity contribution in [2.24, 2.45) is 17.3 Å². The topological polar surface area (TPSA) is 17.1 Å². The summed E-state index contributed by atoms with van der Waals surface area (Å²) >= 11 is 0. The molecule has 0 heterocycles. The molecule has 0 saturated heterocycles. The van der Waals surface area contributed by atoms with Crippen molar-refractivity contribution >= 4 is 6.29 Å². The van der Waals surface area contributed by atoms with Crippen LogP contribution in [0, 0.1) is 17.3 Å². The highest BCUT2D eigenvalue weighted by molar-refractivity contribution is 5.64. The van der Waals surface area contributed by atoms with E-state index in [-0.39, 0.29) is 5.41 Å². The van der Waals surface area contributed by atoms with Gasteiger partial charge in [-0.2, -0.15) is 0 Å². The minimum atomic E-state index is 0.139. The highest BCUT2D eigenvalue weighted by atomic mass is 16.1. The van der Waals surface area contributed by atoms with Gasteiger partial charge in [0.25, 0.3) is 0 Å². The van der Waals surface area contributed by atoms with Crippen LogP contribution < -0.4 is 0 Å². The summed E-state index contributed by atoms with van der Waals surface area (Å²) in [6.45, 7) is 2.09. The van der Waals surface area contributed by atoms with Crippen LogP contribution in [0.3, 0.4) is 0 Å². The number of rotatable bonds is 1. The van der Waals surface area contributed by atoms with Gasteiger partial charge >= 0.3 is 0 Å². The lowest BCUT2D eigenvalue weighted by atomic mass is 9.40. The molecule has 0 amide bonds. The first-order chi connectivity index (χ1) is 3.77. The smallest absolute Gasteiger partial charge is 0.126 e.